The van der Waals surface area contributed by atoms with Gasteiger partial charge in [-0.25, -0.2) is 4.39 Å². The first-order valence-electron chi connectivity index (χ1n) is 7.26. The summed E-state index contributed by atoms with van der Waals surface area (Å²) in [5.74, 6) is -0.521. The molecule has 114 valence electrons. The summed E-state index contributed by atoms with van der Waals surface area (Å²) >= 11 is 6.01. The molecule has 1 fully saturated rings. The molecule has 0 aliphatic heterocycles. The van der Waals surface area contributed by atoms with Crippen molar-refractivity contribution in [1.82, 2.24) is 9.88 Å². The Kier molecular flexibility index (Phi) is 4.39. The molecular weight excluding hydrogens is 303 g/mol. The molecule has 0 atom stereocenters. The van der Waals surface area contributed by atoms with E-state index in [2.05, 4.69) is 4.98 Å². The molecule has 3 nitrogen and oxygen atoms in total. The standard InChI is InChI=1S/C17H16ClFN2O/c18-15-2-1-3-16(19)14(15)10-17(22)21(13-4-5-13)11-12-6-8-20-9-7-12/h1-3,6-9,13H,4-5,10-11H2. The zero-order valence-corrected chi connectivity index (χ0v) is 12.8. The minimum absolute atomic E-state index is 0.00685. The molecule has 1 saturated carbocycles. The van der Waals surface area contributed by atoms with Gasteiger partial charge in [-0.15, -0.1) is 0 Å². The van der Waals surface area contributed by atoms with E-state index in [-0.39, 0.29) is 23.9 Å². The first-order chi connectivity index (χ1) is 10.6. The molecule has 1 heterocycles. The summed E-state index contributed by atoms with van der Waals surface area (Å²) in [6.45, 7) is 0.526. The van der Waals surface area contributed by atoms with Crippen molar-refractivity contribution in [3.8, 4) is 0 Å². The normalized spacial score (nSPS) is 13.9. The highest BCUT2D eigenvalue weighted by Gasteiger charge is 2.32. The summed E-state index contributed by atoms with van der Waals surface area (Å²) in [7, 11) is 0. The van der Waals surface area contributed by atoms with Gasteiger partial charge in [0.2, 0.25) is 5.91 Å². The van der Waals surface area contributed by atoms with E-state index in [1.54, 1.807) is 24.5 Å². The van der Waals surface area contributed by atoms with Crippen molar-refractivity contribution in [1.29, 1.82) is 0 Å². The van der Waals surface area contributed by atoms with Crippen molar-refractivity contribution >= 4 is 17.5 Å². The lowest BCUT2D eigenvalue weighted by Crippen LogP contribution is -2.34. The van der Waals surface area contributed by atoms with Gasteiger partial charge in [0.25, 0.3) is 0 Å². The van der Waals surface area contributed by atoms with Crippen LogP contribution >= 0.6 is 11.6 Å². The summed E-state index contributed by atoms with van der Waals surface area (Å²) < 4.78 is 13.9. The Morgan fingerprint density at radius 1 is 1.27 bits per heavy atom. The Hall–Kier alpha value is -1.94. The number of halogens is 2. The van der Waals surface area contributed by atoms with Gasteiger partial charge >= 0.3 is 0 Å². The Morgan fingerprint density at radius 3 is 2.64 bits per heavy atom. The third-order valence-electron chi connectivity index (χ3n) is 3.80. The van der Waals surface area contributed by atoms with Crippen LogP contribution in [0.2, 0.25) is 5.02 Å². The van der Waals surface area contributed by atoms with Gasteiger partial charge in [0.05, 0.1) is 6.42 Å². The predicted octanol–water partition coefficient (Wildman–Crippen LogP) is 3.61. The van der Waals surface area contributed by atoms with Crippen LogP contribution in [-0.4, -0.2) is 21.8 Å². The molecule has 3 rings (SSSR count). The Balaban J connectivity index is 1.76. The summed E-state index contributed by atoms with van der Waals surface area (Å²) in [5.41, 5.74) is 1.30. The molecule has 22 heavy (non-hydrogen) atoms. The molecular formula is C17H16ClFN2O. The molecule has 1 aliphatic carbocycles. The monoisotopic (exact) mass is 318 g/mol. The van der Waals surface area contributed by atoms with Crippen molar-refractivity contribution in [3.63, 3.8) is 0 Å². The number of aromatic nitrogens is 1. The highest BCUT2D eigenvalue weighted by Crippen LogP contribution is 2.30. The van der Waals surface area contributed by atoms with Crippen molar-refractivity contribution < 1.29 is 9.18 Å². The molecule has 1 aliphatic rings. The minimum Gasteiger partial charge on any atom is -0.335 e. The first kappa shape index (κ1) is 15.0. The lowest BCUT2D eigenvalue weighted by atomic mass is 10.1. The molecule has 5 heteroatoms. The second kappa shape index (κ2) is 6.44. The minimum atomic E-state index is -0.430. The maximum Gasteiger partial charge on any atom is 0.227 e. The zero-order chi connectivity index (χ0) is 15.5. The molecule has 1 aromatic carbocycles. The number of carbonyl (C=O) groups is 1. The van der Waals surface area contributed by atoms with Crippen molar-refractivity contribution in [2.75, 3.05) is 0 Å². The molecule has 1 amide bonds. The van der Waals surface area contributed by atoms with Crippen LogP contribution in [0, 0.1) is 5.82 Å². The number of benzene rings is 1. The van der Waals surface area contributed by atoms with Crippen LogP contribution in [0.5, 0.6) is 0 Å². The number of nitrogens with zero attached hydrogens (tertiary/aromatic N) is 2. The average molecular weight is 319 g/mol. The van der Waals surface area contributed by atoms with Gasteiger partial charge in [-0.05, 0) is 42.7 Å². The number of carbonyl (C=O) groups excluding carboxylic acids is 1. The third-order valence-corrected chi connectivity index (χ3v) is 4.15. The highest BCUT2D eigenvalue weighted by molar-refractivity contribution is 6.31. The van der Waals surface area contributed by atoms with Gasteiger partial charge in [-0.3, -0.25) is 9.78 Å². The van der Waals surface area contributed by atoms with Crippen LogP contribution in [-0.2, 0) is 17.8 Å². The van der Waals surface area contributed by atoms with Gasteiger partial charge < -0.3 is 4.90 Å². The summed E-state index contributed by atoms with van der Waals surface area (Å²) in [4.78, 5) is 18.4. The number of hydrogen-bond donors (Lipinski definition) is 0. The fourth-order valence-electron chi connectivity index (χ4n) is 2.45. The van der Waals surface area contributed by atoms with Gasteiger partial charge in [0, 0.05) is 35.6 Å². The van der Waals surface area contributed by atoms with Crippen LogP contribution in [0.1, 0.15) is 24.0 Å². The van der Waals surface area contributed by atoms with Crippen LogP contribution < -0.4 is 0 Å². The average Bonchev–Trinajstić information content (AvgIpc) is 3.34. The molecule has 0 radical (unpaired) electrons. The molecule has 0 N–H and O–H groups in total. The lowest BCUT2D eigenvalue weighted by molar-refractivity contribution is -0.131. The Labute approximate surface area is 133 Å². The largest absolute Gasteiger partial charge is 0.335 e. The van der Waals surface area contributed by atoms with Crippen molar-refractivity contribution in [2.24, 2.45) is 0 Å². The molecule has 0 saturated heterocycles. The summed E-state index contributed by atoms with van der Waals surface area (Å²) in [5, 5.41) is 0.299. The quantitative estimate of drug-likeness (QED) is 0.844. The molecule has 2 aromatic rings. The second-order valence-electron chi connectivity index (χ2n) is 5.49. The van der Waals surface area contributed by atoms with Gasteiger partial charge in [-0.1, -0.05) is 17.7 Å². The smallest absolute Gasteiger partial charge is 0.227 e. The topological polar surface area (TPSA) is 33.2 Å². The summed E-state index contributed by atoms with van der Waals surface area (Å²) in [6.07, 6.45) is 5.41. The summed E-state index contributed by atoms with van der Waals surface area (Å²) in [6, 6.07) is 8.51. The van der Waals surface area contributed by atoms with E-state index in [4.69, 9.17) is 11.6 Å². The van der Waals surface area contributed by atoms with Gasteiger partial charge in [-0.2, -0.15) is 0 Å². The van der Waals surface area contributed by atoms with Crippen molar-refractivity contribution in [3.05, 3.63) is 64.7 Å². The van der Waals surface area contributed by atoms with E-state index in [1.165, 1.54) is 6.07 Å². The number of rotatable bonds is 5. The molecule has 0 unspecified atom stereocenters. The van der Waals surface area contributed by atoms with E-state index in [1.807, 2.05) is 17.0 Å². The highest BCUT2D eigenvalue weighted by atomic mass is 35.5. The fourth-order valence-corrected chi connectivity index (χ4v) is 2.68. The maximum atomic E-state index is 13.9. The fraction of sp³-hybridized carbons (Fsp3) is 0.294. The number of pyridine rings is 1. The van der Waals surface area contributed by atoms with Crippen molar-refractivity contribution in [2.45, 2.75) is 31.8 Å². The van der Waals surface area contributed by atoms with E-state index >= 15 is 0 Å². The SMILES string of the molecule is O=C(Cc1c(F)cccc1Cl)N(Cc1ccncc1)C1CC1. The van der Waals surface area contributed by atoms with E-state index in [9.17, 15) is 9.18 Å². The molecule has 0 bridgehead atoms. The first-order valence-corrected chi connectivity index (χ1v) is 7.64. The van der Waals surface area contributed by atoms with Crippen LogP contribution in [0.25, 0.3) is 0 Å². The van der Waals surface area contributed by atoms with Gasteiger partial charge in [0.1, 0.15) is 5.82 Å². The lowest BCUT2D eigenvalue weighted by Gasteiger charge is -2.23. The number of amides is 1. The van der Waals surface area contributed by atoms with Crippen LogP contribution in [0.3, 0.4) is 0 Å². The molecule has 0 spiro atoms. The second-order valence-corrected chi connectivity index (χ2v) is 5.89. The van der Waals surface area contributed by atoms with Crippen LogP contribution in [0.15, 0.2) is 42.7 Å². The Bertz CT molecular complexity index is 653. The van der Waals surface area contributed by atoms with E-state index in [0.717, 1.165) is 18.4 Å². The third kappa shape index (κ3) is 3.45. The van der Waals surface area contributed by atoms with Gasteiger partial charge in [0.15, 0.2) is 0 Å². The number of hydrogen-bond acceptors (Lipinski definition) is 2. The zero-order valence-electron chi connectivity index (χ0n) is 12.0. The van der Waals surface area contributed by atoms with E-state index < -0.39 is 5.82 Å². The van der Waals surface area contributed by atoms with Crippen LogP contribution in [0.4, 0.5) is 4.39 Å². The maximum absolute atomic E-state index is 13.9. The Morgan fingerprint density at radius 2 is 2.00 bits per heavy atom. The molecule has 1 aromatic heterocycles. The van der Waals surface area contributed by atoms with E-state index in [0.29, 0.717) is 11.6 Å². The predicted molar refractivity (Wildman–Crippen MR) is 82.9 cm³/mol.